The zero-order valence-corrected chi connectivity index (χ0v) is 15.1. The standard InChI is InChI=1S/C20H21F3N4/c1-2-18-24-15-6-3-4-7-16(15)27(18)14-10-12-26(13-11-14)19-9-5-8-17(25-19)20(21,22)23/h3-9,14H,2,10-13H2,1H3. The first-order valence-corrected chi connectivity index (χ1v) is 9.22. The third-order valence-electron chi connectivity index (χ3n) is 5.16. The number of imidazole rings is 1. The average Bonchev–Trinajstić information content (AvgIpc) is 3.06. The van der Waals surface area contributed by atoms with Crippen LogP contribution in [0.2, 0.25) is 0 Å². The van der Waals surface area contributed by atoms with E-state index in [1.807, 2.05) is 23.1 Å². The molecule has 142 valence electrons. The number of fused-ring (bicyclic) bond motifs is 1. The largest absolute Gasteiger partial charge is 0.433 e. The molecule has 1 aliphatic rings. The van der Waals surface area contributed by atoms with E-state index in [2.05, 4.69) is 22.5 Å². The number of rotatable bonds is 3. The summed E-state index contributed by atoms with van der Waals surface area (Å²) in [6.45, 7) is 3.45. The number of piperidine rings is 1. The lowest BCUT2D eigenvalue weighted by Crippen LogP contribution is -2.35. The minimum absolute atomic E-state index is 0.300. The predicted molar refractivity (Wildman–Crippen MR) is 98.8 cm³/mol. The normalized spacial score (nSPS) is 16.2. The van der Waals surface area contributed by atoms with E-state index in [1.165, 1.54) is 6.07 Å². The monoisotopic (exact) mass is 374 g/mol. The number of hydrogen-bond acceptors (Lipinski definition) is 3. The fourth-order valence-electron chi connectivity index (χ4n) is 3.86. The second-order valence-corrected chi connectivity index (χ2v) is 6.84. The van der Waals surface area contributed by atoms with Gasteiger partial charge in [0.1, 0.15) is 17.3 Å². The lowest BCUT2D eigenvalue weighted by atomic mass is 10.0. The quantitative estimate of drug-likeness (QED) is 0.657. The van der Waals surface area contributed by atoms with E-state index < -0.39 is 11.9 Å². The molecule has 0 radical (unpaired) electrons. The van der Waals surface area contributed by atoms with Gasteiger partial charge in [-0.2, -0.15) is 13.2 Å². The summed E-state index contributed by atoms with van der Waals surface area (Å²) in [5, 5.41) is 0. The maximum absolute atomic E-state index is 12.9. The summed E-state index contributed by atoms with van der Waals surface area (Å²) in [6.07, 6.45) is -1.86. The Kier molecular flexibility index (Phi) is 4.53. The molecule has 0 saturated carbocycles. The molecule has 0 aliphatic carbocycles. The Morgan fingerprint density at radius 1 is 1.00 bits per heavy atom. The van der Waals surface area contributed by atoms with E-state index in [4.69, 9.17) is 4.98 Å². The summed E-state index contributed by atoms with van der Waals surface area (Å²) >= 11 is 0. The minimum atomic E-state index is -4.42. The van der Waals surface area contributed by atoms with Gasteiger partial charge in [0.05, 0.1) is 11.0 Å². The summed E-state index contributed by atoms with van der Waals surface area (Å²) in [6, 6.07) is 12.5. The van der Waals surface area contributed by atoms with Crippen LogP contribution >= 0.6 is 0 Å². The van der Waals surface area contributed by atoms with Gasteiger partial charge in [0, 0.05) is 25.6 Å². The Balaban J connectivity index is 1.55. The maximum atomic E-state index is 12.9. The number of aryl methyl sites for hydroxylation is 1. The molecule has 7 heteroatoms. The van der Waals surface area contributed by atoms with Crippen molar-refractivity contribution < 1.29 is 13.2 Å². The molecule has 0 bridgehead atoms. The van der Waals surface area contributed by atoms with Gasteiger partial charge in [0.2, 0.25) is 0 Å². The van der Waals surface area contributed by atoms with Gasteiger partial charge >= 0.3 is 6.18 Å². The van der Waals surface area contributed by atoms with Crippen LogP contribution in [0.1, 0.15) is 37.3 Å². The van der Waals surface area contributed by atoms with Crippen LogP contribution in [0.15, 0.2) is 42.5 Å². The SMILES string of the molecule is CCc1nc2ccccc2n1C1CCN(c2cccc(C(F)(F)F)n2)CC1. The number of alkyl halides is 3. The molecule has 1 fully saturated rings. The number of hydrogen-bond donors (Lipinski definition) is 0. The molecule has 4 rings (SSSR count). The summed E-state index contributed by atoms with van der Waals surface area (Å²) in [5.74, 6) is 1.46. The van der Waals surface area contributed by atoms with E-state index >= 15 is 0 Å². The fourth-order valence-corrected chi connectivity index (χ4v) is 3.86. The van der Waals surface area contributed by atoms with E-state index in [-0.39, 0.29) is 0 Å². The number of para-hydroxylation sites is 2. The molecule has 0 amide bonds. The van der Waals surface area contributed by atoms with Gasteiger partial charge in [-0.25, -0.2) is 9.97 Å². The highest BCUT2D eigenvalue weighted by atomic mass is 19.4. The molecule has 0 N–H and O–H groups in total. The van der Waals surface area contributed by atoms with Gasteiger partial charge in [0.15, 0.2) is 0 Å². The van der Waals surface area contributed by atoms with Crippen LogP contribution in [-0.4, -0.2) is 27.6 Å². The predicted octanol–water partition coefficient (Wildman–Crippen LogP) is 4.85. The van der Waals surface area contributed by atoms with Crippen LogP contribution in [0.3, 0.4) is 0 Å². The highest BCUT2D eigenvalue weighted by Crippen LogP contribution is 2.32. The number of halogens is 3. The third-order valence-corrected chi connectivity index (χ3v) is 5.16. The molecule has 0 unspecified atom stereocenters. The fraction of sp³-hybridized carbons (Fsp3) is 0.400. The summed E-state index contributed by atoms with van der Waals surface area (Å²) < 4.78 is 41.1. The van der Waals surface area contributed by atoms with Crippen LogP contribution in [-0.2, 0) is 12.6 Å². The van der Waals surface area contributed by atoms with Crippen LogP contribution in [0.25, 0.3) is 11.0 Å². The number of anilines is 1. The Labute approximate surface area is 155 Å². The van der Waals surface area contributed by atoms with Gasteiger partial charge in [-0.15, -0.1) is 0 Å². The zero-order chi connectivity index (χ0) is 19.0. The van der Waals surface area contributed by atoms with Crippen molar-refractivity contribution >= 4 is 16.9 Å². The molecule has 2 aromatic heterocycles. The van der Waals surface area contributed by atoms with E-state index in [0.29, 0.717) is 24.9 Å². The number of benzene rings is 1. The minimum Gasteiger partial charge on any atom is -0.356 e. The van der Waals surface area contributed by atoms with E-state index in [9.17, 15) is 13.2 Å². The Hall–Kier alpha value is -2.57. The first kappa shape index (κ1) is 17.8. The van der Waals surface area contributed by atoms with Crippen molar-refractivity contribution in [3.63, 3.8) is 0 Å². The first-order valence-electron chi connectivity index (χ1n) is 9.22. The topological polar surface area (TPSA) is 34.0 Å². The Bertz CT molecular complexity index is 940. The van der Waals surface area contributed by atoms with Crippen molar-refractivity contribution in [2.24, 2.45) is 0 Å². The van der Waals surface area contributed by atoms with Crippen LogP contribution in [0, 0.1) is 0 Å². The third kappa shape index (κ3) is 3.38. The molecule has 1 saturated heterocycles. The Morgan fingerprint density at radius 2 is 1.74 bits per heavy atom. The second kappa shape index (κ2) is 6.87. The lowest BCUT2D eigenvalue weighted by molar-refractivity contribution is -0.141. The van der Waals surface area contributed by atoms with Crippen LogP contribution in [0.4, 0.5) is 19.0 Å². The van der Waals surface area contributed by atoms with Crippen LogP contribution < -0.4 is 4.90 Å². The molecule has 4 nitrogen and oxygen atoms in total. The van der Waals surface area contributed by atoms with E-state index in [0.717, 1.165) is 42.2 Å². The summed E-state index contributed by atoms with van der Waals surface area (Å²) in [7, 11) is 0. The number of nitrogens with zero attached hydrogens (tertiary/aromatic N) is 4. The zero-order valence-electron chi connectivity index (χ0n) is 15.1. The van der Waals surface area contributed by atoms with Gasteiger partial charge in [-0.3, -0.25) is 0 Å². The number of pyridine rings is 1. The van der Waals surface area contributed by atoms with Crippen molar-refractivity contribution in [3.8, 4) is 0 Å². The molecular formula is C20H21F3N4. The van der Waals surface area contributed by atoms with Gasteiger partial charge in [-0.05, 0) is 37.1 Å². The first-order chi connectivity index (χ1) is 13.0. The highest BCUT2D eigenvalue weighted by Gasteiger charge is 2.33. The summed E-state index contributed by atoms with van der Waals surface area (Å²) in [5.41, 5.74) is 1.29. The number of aromatic nitrogens is 3. The van der Waals surface area contributed by atoms with Gasteiger partial charge in [-0.1, -0.05) is 25.1 Å². The molecule has 3 aromatic rings. The molecule has 3 heterocycles. The van der Waals surface area contributed by atoms with Gasteiger partial charge in [0.25, 0.3) is 0 Å². The van der Waals surface area contributed by atoms with Crippen molar-refractivity contribution in [1.82, 2.24) is 14.5 Å². The molecule has 0 atom stereocenters. The maximum Gasteiger partial charge on any atom is 0.433 e. The van der Waals surface area contributed by atoms with Crippen molar-refractivity contribution in [1.29, 1.82) is 0 Å². The molecular weight excluding hydrogens is 353 g/mol. The van der Waals surface area contributed by atoms with Crippen molar-refractivity contribution in [2.75, 3.05) is 18.0 Å². The van der Waals surface area contributed by atoms with Crippen LogP contribution in [0.5, 0.6) is 0 Å². The second-order valence-electron chi connectivity index (χ2n) is 6.84. The Morgan fingerprint density at radius 3 is 2.44 bits per heavy atom. The van der Waals surface area contributed by atoms with E-state index in [1.54, 1.807) is 6.07 Å². The molecule has 1 aliphatic heterocycles. The summed E-state index contributed by atoms with van der Waals surface area (Å²) in [4.78, 5) is 10.5. The highest BCUT2D eigenvalue weighted by molar-refractivity contribution is 5.76. The smallest absolute Gasteiger partial charge is 0.356 e. The average molecular weight is 374 g/mol. The van der Waals surface area contributed by atoms with Gasteiger partial charge < -0.3 is 9.47 Å². The molecule has 27 heavy (non-hydrogen) atoms. The van der Waals surface area contributed by atoms with Crippen molar-refractivity contribution in [2.45, 2.75) is 38.4 Å². The van der Waals surface area contributed by atoms with Crippen molar-refractivity contribution in [3.05, 3.63) is 54.0 Å². The molecule has 1 aromatic carbocycles. The lowest BCUT2D eigenvalue weighted by Gasteiger charge is -2.34. The molecule has 0 spiro atoms.